The van der Waals surface area contributed by atoms with E-state index >= 15 is 0 Å². The summed E-state index contributed by atoms with van der Waals surface area (Å²) in [6.45, 7) is 0. The van der Waals surface area contributed by atoms with E-state index in [0.717, 1.165) is 10.6 Å². The number of carboxylic acids is 1. The molecule has 0 unspecified atom stereocenters. The van der Waals surface area contributed by atoms with Crippen LogP contribution in [0.4, 0.5) is 13.2 Å². The van der Waals surface area contributed by atoms with E-state index in [0.29, 0.717) is 6.20 Å². The molecule has 5 nitrogen and oxygen atoms in total. The monoisotopic (exact) mass is 231 g/mol. The van der Waals surface area contributed by atoms with Crippen molar-refractivity contribution in [2.75, 3.05) is 0 Å². The van der Waals surface area contributed by atoms with Crippen molar-refractivity contribution in [2.24, 2.45) is 0 Å². The SMILES string of the molecule is O=C(O)c1nccn2cc(C(F)(F)F)nc12. The van der Waals surface area contributed by atoms with Gasteiger partial charge in [0.15, 0.2) is 17.0 Å². The first kappa shape index (κ1) is 10.4. The first-order chi connectivity index (χ1) is 7.39. The second-order valence-electron chi connectivity index (χ2n) is 2.94. The Morgan fingerprint density at radius 3 is 2.69 bits per heavy atom. The Morgan fingerprint density at radius 2 is 2.12 bits per heavy atom. The van der Waals surface area contributed by atoms with Gasteiger partial charge in [0.1, 0.15) is 0 Å². The molecule has 0 bridgehead atoms. The number of carboxylic acid groups (broad SMARTS) is 1. The van der Waals surface area contributed by atoms with Gasteiger partial charge in [-0.25, -0.2) is 14.8 Å². The summed E-state index contributed by atoms with van der Waals surface area (Å²) in [5, 5.41) is 8.70. The molecule has 0 radical (unpaired) electrons. The minimum Gasteiger partial charge on any atom is -0.476 e. The highest BCUT2D eigenvalue weighted by molar-refractivity contribution is 5.91. The predicted molar refractivity (Wildman–Crippen MR) is 44.9 cm³/mol. The Hall–Kier alpha value is -2.12. The molecule has 0 atom stereocenters. The van der Waals surface area contributed by atoms with Crippen LogP contribution in [0, 0.1) is 0 Å². The van der Waals surface area contributed by atoms with Crippen molar-refractivity contribution in [3.8, 4) is 0 Å². The number of imidazole rings is 1. The van der Waals surface area contributed by atoms with Crippen molar-refractivity contribution in [3.63, 3.8) is 0 Å². The summed E-state index contributed by atoms with van der Waals surface area (Å²) in [7, 11) is 0. The molecule has 0 aliphatic carbocycles. The lowest BCUT2D eigenvalue weighted by molar-refractivity contribution is -0.140. The predicted octanol–water partition coefficient (Wildman–Crippen LogP) is 1.45. The minimum atomic E-state index is -4.61. The number of fused-ring (bicyclic) bond motifs is 1. The number of alkyl halides is 3. The van der Waals surface area contributed by atoms with Crippen LogP contribution in [-0.4, -0.2) is 25.4 Å². The molecule has 0 aliphatic heterocycles. The lowest BCUT2D eigenvalue weighted by Crippen LogP contribution is -2.05. The number of hydrogen-bond donors (Lipinski definition) is 1. The number of aromatic carboxylic acids is 1. The van der Waals surface area contributed by atoms with Gasteiger partial charge < -0.3 is 9.51 Å². The van der Waals surface area contributed by atoms with Gasteiger partial charge in [-0.1, -0.05) is 0 Å². The van der Waals surface area contributed by atoms with Gasteiger partial charge in [0, 0.05) is 18.6 Å². The summed E-state index contributed by atoms with van der Waals surface area (Å²) >= 11 is 0. The first-order valence-corrected chi connectivity index (χ1v) is 4.04. The second-order valence-corrected chi connectivity index (χ2v) is 2.94. The fourth-order valence-corrected chi connectivity index (χ4v) is 1.21. The van der Waals surface area contributed by atoms with E-state index < -0.39 is 23.5 Å². The molecule has 8 heteroatoms. The summed E-state index contributed by atoms with van der Waals surface area (Å²) in [6, 6.07) is 0. The number of hydrogen-bond acceptors (Lipinski definition) is 3. The Morgan fingerprint density at radius 1 is 1.44 bits per heavy atom. The fraction of sp³-hybridized carbons (Fsp3) is 0.125. The Balaban J connectivity index is 2.71. The van der Waals surface area contributed by atoms with Crippen molar-refractivity contribution >= 4 is 11.6 Å². The van der Waals surface area contributed by atoms with Gasteiger partial charge in [-0.05, 0) is 0 Å². The summed E-state index contributed by atoms with van der Waals surface area (Å²) in [4.78, 5) is 17.3. The molecule has 0 amide bonds. The highest BCUT2D eigenvalue weighted by atomic mass is 19.4. The fourth-order valence-electron chi connectivity index (χ4n) is 1.21. The normalized spacial score (nSPS) is 11.9. The molecular formula is C8H4F3N3O2. The van der Waals surface area contributed by atoms with Crippen LogP contribution in [-0.2, 0) is 6.18 Å². The molecule has 1 N–H and O–H groups in total. The van der Waals surface area contributed by atoms with Crippen LogP contribution in [0.2, 0.25) is 0 Å². The third-order valence-electron chi connectivity index (χ3n) is 1.87. The summed E-state index contributed by atoms with van der Waals surface area (Å²) in [6.07, 6.45) is -1.60. The average Bonchev–Trinajstić information content (AvgIpc) is 2.59. The Kier molecular flexibility index (Phi) is 2.07. The summed E-state index contributed by atoms with van der Waals surface area (Å²) < 4.78 is 37.9. The van der Waals surface area contributed by atoms with Gasteiger partial charge in [-0.3, -0.25) is 0 Å². The van der Waals surface area contributed by atoms with Crippen LogP contribution in [0.3, 0.4) is 0 Å². The van der Waals surface area contributed by atoms with Crippen molar-refractivity contribution in [2.45, 2.75) is 6.18 Å². The van der Waals surface area contributed by atoms with Gasteiger partial charge in [0.2, 0.25) is 0 Å². The van der Waals surface area contributed by atoms with Crippen LogP contribution in [0.5, 0.6) is 0 Å². The number of rotatable bonds is 1. The molecule has 0 aromatic carbocycles. The van der Waals surface area contributed by atoms with Crippen LogP contribution >= 0.6 is 0 Å². The number of carbonyl (C=O) groups is 1. The standard InChI is InChI=1S/C8H4F3N3O2/c9-8(10,11)4-3-14-2-1-12-5(7(15)16)6(14)13-4/h1-3H,(H,15,16). The molecule has 2 aromatic rings. The number of nitrogens with zero attached hydrogens (tertiary/aromatic N) is 3. The van der Waals surface area contributed by atoms with Crippen LogP contribution in [0.25, 0.3) is 5.65 Å². The molecule has 0 saturated heterocycles. The summed E-state index contributed by atoms with van der Waals surface area (Å²) in [5.41, 5.74) is -2.00. The summed E-state index contributed by atoms with van der Waals surface area (Å²) in [5.74, 6) is -1.43. The maximum Gasteiger partial charge on any atom is 0.434 e. The molecule has 0 spiro atoms. The van der Waals surface area contributed by atoms with E-state index in [-0.39, 0.29) is 5.65 Å². The van der Waals surface area contributed by atoms with E-state index in [2.05, 4.69) is 9.97 Å². The molecule has 2 heterocycles. The van der Waals surface area contributed by atoms with Crippen LogP contribution in [0.1, 0.15) is 16.2 Å². The van der Waals surface area contributed by atoms with E-state index in [9.17, 15) is 18.0 Å². The zero-order chi connectivity index (χ0) is 11.9. The number of aromatic nitrogens is 3. The van der Waals surface area contributed by atoms with Crippen molar-refractivity contribution in [1.29, 1.82) is 0 Å². The molecule has 2 rings (SSSR count). The second kappa shape index (κ2) is 3.19. The Bertz CT molecular complexity index is 561. The van der Waals surface area contributed by atoms with Crippen LogP contribution < -0.4 is 0 Å². The molecule has 0 fully saturated rings. The lowest BCUT2D eigenvalue weighted by Gasteiger charge is -1.98. The van der Waals surface area contributed by atoms with Crippen molar-refractivity contribution in [3.05, 3.63) is 30.0 Å². The van der Waals surface area contributed by atoms with Gasteiger partial charge in [-0.15, -0.1) is 0 Å². The van der Waals surface area contributed by atoms with Crippen LogP contribution in [0.15, 0.2) is 18.6 Å². The quantitative estimate of drug-likeness (QED) is 0.806. The zero-order valence-corrected chi connectivity index (χ0v) is 7.56. The molecule has 0 saturated carbocycles. The molecule has 0 aliphatic rings. The van der Waals surface area contributed by atoms with Gasteiger partial charge in [0.25, 0.3) is 0 Å². The van der Waals surface area contributed by atoms with Gasteiger partial charge >= 0.3 is 12.1 Å². The largest absolute Gasteiger partial charge is 0.476 e. The van der Waals surface area contributed by atoms with Gasteiger partial charge in [0.05, 0.1) is 0 Å². The highest BCUT2D eigenvalue weighted by Gasteiger charge is 2.34. The van der Waals surface area contributed by atoms with Crippen molar-refractivity contribution in [1.82, 2.24) is 14.4 Å². The third-order valence-corrected chi connectivity index (χ3v) is 1.87. The lowest BCUT2D eigenvalue weighted by atomic mass is 10.4. The van der Waals surface area contributed by atoms with E-state index in [1.54, 1.807) is 0 Å². The average molecular weight is 231 g/mol. The molecular weight excluding hydrogens is 227 g/mol. The molecule has 84 valence electrons. The maximum atomic E-state index is 12.3. The highest BCUT2D eigenvalue weighted by Crippen LogP contribution is 2.28. The molecule has 2 aromatic heterocycles. The molecule has 16 heavy (non-hydrogen) atoms. The smallest absolute Gasteiger partial charge is 0.434 e. The Labute approximate surface area is 86.2 Å². The van der Waals surface area contributed by atoms with E-state index in [4.69, 9.17) is 5.11 Å². The minimum absolute atomic E-state index is 0.331. The first-order valence-electron chi connectivity index (χ1n) is 4.04. The zero-order valence-electron chi connectivity index (χ0n) is 7.56. The topological polar surface area (TPSA) is 67.5 Å². The van der Waals surface area contributed by atoms with Gasteiger partial charge in [-0.2, -0.15) is 13.2 Å². The maximum absolute atomic E-state index is 12.3. The van der Waals surface area contributed by atoms with E-state index in [1.165, 1.54) is 6.20 Å². The van der Waals surface area contributed by atoms with Crippen molar-refractivity contribution < 1.29 is 23.1 Å². The van der Waals surface area contributed by atoms with E-state index in [1.807, 2.05) is 0 Å². The number of halogens is 3. The third kappa shape index (κ3) is 1.58.